The molecule has 29 heavy (non-hydrogen) atoms. The smallest absolute Gasteiger partial charge is 0.335 e. The third-order valence-corrected chi connectivity index (χ3v) is 6.71. The number of hydrogen-bond acceptors (Lipinski definition) is 2. The van der Waals surface area contributed by atoms with Crippen molar-refractivity contribution in [2.75, 3.05) is 0 Å². The average Bonchev–Trinajstić information content (AvgIpc) is 2.65. The van der Waals surface area contributed by atoms with Crippen LogP contribution in [0.5, 0.6) is 5.75 Å². The monoisotopic (exact) mass is 388 g/mol. The van der Waals surface area contributed by atoms with Crippen LogP contribution in [-0.4, -0.2) is 16.2 Å². The number of fused-ring (bicyclic) bond motifs is 2. The molecule has 0 amide bonds. The van der Waals surface area contributed by atoms with Gasteiger partial charge in [0, 0.05) is 5.56 Å². The molecule has 4 rings (SSSR count). The van der Waals surface area contributed by atoms with Gasteiger partial charge in [-0.3, -0.25) is 0 Å². The van der Waals surface area contributed by atoms with E-state index in [1.54, 1.807) is 24.3 Å². The second kappa shape index (κ2) is 6.35. The predicted octanol–water partition coefficient (Wildman–Crippen LogP) is 6.57. The molecule has 0 aromatic heterocycles. The van der Waals surface area contributed by atoms with Gasteiger partial charge in [0.2, 0.25) is 0 Å². The summed E-state index contributed by atoms with van der Waals surface area (Å²) in [6.07, 6.45) is 2.28. The summed E-state index contributed by atoms with van der Waals surface area (Å²) in [5.41, 5.74) is 6.10. The summed E-state index contributed by atoms with van der Waals surface area (Å²) >= 11 is 0. The minimum Gasteiger partial charge on any atom is -0.507 e. The molecule has 0 radical (unpaired) electrons. The Kier molecular flexibility index (Phi) is 4.27. The summed E-state index contributed by atoms with van der Waals surface area (Å²) in [4.78, 5) is 11.4. The Morgan fingerprint density at radius 3 is 2.14 bits per heavy atom. The van der Waals surface area contributed by atoms with Gasteiger partial charge in [0.25, 0.3) is 0 Å². The van der Waals surface area contributed by atoms with Gasteiger partial charge < -0.3 is 10.2 Å². The Labute approximate surface area is 172 Å². The SMILES string of the molecule is Cc1cc2c(cc1-c1c(O)ccc3cc(C(=O)O)ccc13)C(C)(C)CCC2(C)C. The predicted molar refractivity (Wildman–Crippen MR) is 118 cm³/mol. The van der Waals surface area contributed by atoms with Crippen LogP contribution in [0, 0.1) is 6.92 Å². The van der Waals surface area contributed by atoms with Gasteiger partial charge in [-0.1, -0.05) is 45.9 Å². The Morgan fingerprint density at radius 1 is 0.897 bits per heavy atom. The van der Waals surface area contributed by atoms with E-state index in [1.165, 1.54) is 11.1 Å². The molecule has 0 saturated heterocycles. The summed E-state index contributed by atoms with van der Waals surface area (Å²) in [5.74, 6) is -0.730. The summed E-state index contributed by atoms with van der Waals surface area (Å²) in [6.45, 7) is 11.3. The fourth-order valence-corrected chi connectivity index (χ4v) is 4.73. The van der Waals surface area contributed by atoms with Crippen LogP contribution < -0.4 is 0 Å². The first-order valence-corrected chi connectivity index (χ1v) is 10.2. The minimum absolute atomic E-state index is 0.0734. The van der Waals surface area contributed by atoms with Crippen molar-refractivity contribution in [2.24, 2.45) is 0 Å². The number of carbonyl (C=O) groups is 1. The van der Waals surface area contributed by atoms with E-state index in [0.717, 1.165) is 40.3 Å². The molecule has 150 valence electrons. The van der Waals surface area contributed by atoms with E-state index in [4.69, 9.17) is 0 Å². The first kappa shape index (κ1) is 19.5. The van der Waals surface area contributed by atoms with Crippen LogP contribution in [0.3, 0.4) is 0 Å². The van der Waals surface area contributed by atoms with Gasteiger partial charge >= 0.3 is 5.97 Å². The van der Waals surface area contributed by atoms with Crippen molar-refractivity contribution in [3.63, 3.8) is 0 Å². The molecule has 3 heteroatoms. The molecule has 0 saturated carbocycles. The number of carboxylic acids is 1. The molecule has 0 heterocycles. The van der Waals surface area contributed by atoms with E-state index < -0.39 is 5.97 Å². The van der Waals surface area contributed by atoms with Crippen LogP contribution >= 0.6 is 0 Å². The standard InChI is InChI=1S/C26H28O3/c1-15-12-20-21(26(4,5)11-10-25(20,2)3)14-19(15)23-18-8-6-17(24(28)29)13-16(18)7-9-22(23)27/h6-9,12-14,27H,10-11H2,1-5H3,(H,28,29). The van der Waals surface area contributed by atoms with Crippen LogP contribution in [0.1, 0.15) is 67.6 Å². The number of phenolic OH excluding ortho intramolecular Hbond substituents is 1. The van der Waals surface area contributed by atoms with Crippen LogP contribution in [0.15, 0.2) is 42.5 Å². The van der Waals surface area contributed by atoms with E-state index >= 15 is 0 Å². The molecule has 1 aliphatic rings. The van der Waals surface area contributed by atoms with Crippen molar-refractivity contribution in [2.45, 2.75) is 58.3 Å². The quantitative estimate of drug-likeness (QED) is 0.522. The first-order chi connectivity index (χ1) is 13.5. The molecule has 3 nitrogen and oxygen atoms in total. The lowest BCUT2D eigenvalue weighted by molar-refractivity contribution is 0.0697. The lowest BCUT2D eigenvalue weighted by Crippen LogP contribution is -2.34. The lowest BCUT2D eigenvalue weighted by atomic mass is 9.62. The Hall–Kier alpha value is -2.81. The highest BCUT2D eigenvalue weighted by atomic mass is 16.4. The van der Waals surface area contributed by atoms with Crippen molar-refractivity contribution in [3.8, 4) is 16.9 Å². The topological polar surface area (TPSA) is 57.5 Å². The molecule has 0 atom stereocenters. The van der Waals surface area contributed by atoms with Crippen molar-refractivity contribution in [1.29, 1.82) is 0 Å². The zero-order chi connectivity index (χ0) is 21.1. The maximum Gasteiger partial charge on any atom is 0.335 e. The molecule has 0 aliphatic heterocycles. The maximum atomic E-state index is 11.4. The number of aromatic hydroxyl groups is 1. The van der Waals surface area contributed by atoms with E-state index in [9.17, 15) is 15.0 Å². The van der Waals surface area contributed by atoms with Crippen LogP contribution in [0.25, 0.3) is 21.9 Å². The van der Waals surface area contributed by atoms with Gasteiger partial charge in [-0.05, 0) is 87.9 Å². The number of rotatable bonds is 2. The average molecular weight is 389 g/mol. The molecule has 0 bridgehead atoms. The summed E-state index contributed by atoms with van der Waals surface area (Å²) in [7, 11) is 0. The molecule has 3 aromatic rings. The van der Waals surface area contributed by atoms with Crippen LogP contribution in [-0.2, 0) is 10.8 Å². The number of aryl methyl sites for hydroxylation is 1. The molecular weight excluding hydrogens is 360 g/mol. The number of aromatic carboxylic acids is 1. The Balaban J connectivity index is 2.02. The number of hydrogen-bond donors (Lipinski definition) is 2. The van der Waals surface area contributed by atoms with E-state index in [1.807, 2.05) is 6.07 Å². The lowest BCUT2D eigenvalue weighted by Gasteiger charge is -2.42. The van der Waals surface area contributed by atoms with Gasteiger partial charge in [-0.15, -0.1) is 0 Å². The number of carboxylic acid groups (broad SMARTS) is 1. The summed E-state index contributed by atoms with van der Waals surface area (Å²) in [5, 5.41) is 21.8. The van der Waals surface area contributed by atoms with Crippen LogP contribution in [0.2, 0.25) is 0 Å². The molecule has 3 aromatic carbocycles. The Morgan fingerprint density at radius 2 is 1.52 bits per heavy atom. The number of phenols is 1. The highest BCUT2D eigenvalue weighted by Gasteiger charge is 2.37. The van der Waals surface area contributed by atoms with E-state index in [2.05, 4.69) is 46.8 Å². The fourth-order valence-electron chi connectivity index (χ4n) is 4.73. The van der Waals surface area contributed by atoms with E-state index in [0.29, 0.717) is 0 Å². The minimum atomic E-state index is -0.949. The van der Waals surface area contributed by atoms with Crippen molar-refractivity contribution >= 4 is 16.7 Å². The summed E-state index contributed by atoms with van der Waals surface area (Å²) < 4.78 is 0. The fraction of sp³-hybridized carbons (Fsp3) is 0.346. The van der Waals surface area contributed by atoms with Gasteiger partial charge in [0.15, 0.2) is 0 Å². The molecule has 0 spiro atoms. The highest BCUT2D eigenvalue weighted by molar-refractivity contribution is 6.03. The number of benzene rings is 3. The van der Waals surface area contributed by atoms with Gasteiger partial charge in [-0.2, -0.15) is 0 Å². The van der Waals surface area contributed by atoms with E-state index in [-0.39, 0.29) is 22.1 Å². The molecule has 0 fully saturated rings. The van der Waals surface area contributed by atoms with Crippen molar-refractivity contribution in [3.05, 3.63) is 64.7 Å². The molecule has 1 aliphatic carbocycles. The molecule has 0 unspecified atom stereocenters. The molecular formula is C26H28O3. The van der Waals surface area contributed by atoms with Crippen molar-refractivity contribution in [1.82, 2.24) is 0 Å². The van der Waals surface area contributed by atoms with Gasteiger partial charge in [0.1, 0.15) is 5.75 Å². The maximum absolute atomic E-state index is 11.4. The second-order valence-electron chi connectivity index (χ2n) is 9.68. The highest BCUT2D eigenvalue weighted by Crippen LogP contribution is 2.49. The second-order valence-corrected chi connectivity index (χ2v) is 9.68. The third kappa shape index (κ3) is 3.09. The van der Waals surface area contributed by atoms with Gasteiger partial charge in [-0.25, -0.2) is 4.79 Å². The van der Waals surface area contributed by atoms with Gasteiger partial charge in [0.05, 0.1) is 5.56 Å². The third-order valence-electron chi connectivity index (χ3n) is 6.71. The molecule has 2 N–H and O–H groups in total. The van der Waals surface area contributed by atoms with Crippen molar-refractivity contribution < 1.29 is 15.0 Å². The zero-order valence-corrected chi connectivity index (χ0v) is 17.8. The normalized spacial score (nSPS) is 17.1. The Bertz CT molecular complexity index is 1150. The summed E-state index contributed by atoms with van der Waals surface area (Å²) in [6, 6.07) is 13.1. The zero-order valence-electron chi connectivity index (χ0n) is 17.8. The largest absolute Gasteiger partial charge is 0.507 e. The van der Waals surface area contributed by atoms with Crippen LogP contribution in [0.4, 0.5) is 0 Å². The first-order valence-electron chi connectivity index (χ1n) is 10.2.